The maximum Gasteiger partial charge on any atom is 0.329 e. The van der Waals surface area contributed by atoms with Gasteiger partial charge >= 0.3 is 5.69 Å². The standard InChI is InChI=1S/C18H24BrN3O2/c1-3-7-20(8-4-2)16(23)12-22-15-11-14(19)10-13-6-5-9-21(17(13)15)18(22)24/h10-11H,3-9,12H2,1-2H3. The van der Waals surface area contributed by atoms with Crippen LogP contribution in [-0.2, 0) is 24.3 Å². The Hall–Kier alpha value is -1.56. The highest BCUT2D eigenvalue weighted by molar-refractivity contribution is 9.10. The number of nitrogens with zero attached hydrogens (tertiary/aromatic N) is 3. The van der Waals surface area contributed by atoms with Crippen molar-refractivity contribution in [2.45, 2.75) is 52.6 Å². The highest BCUT2D eigenvalue weighted by Crippen LogP contribution is 2.28. The summed E-state index contributed by atoms with van der Waals surface area (Å²) < 4.78 is 4.44. The minimum absolute atomic E-state index is 0.0284. The first-order valence-corrected chi connectivity index (χ1v) is 9.55. The summed E-state index contributed by atoms with van der Waals surface area (Å²) >= 11 is 3.54. The van der Waals surface area contributed by atoms with Gasteiger partial charge in [0.2, 0.25) is 5.91 Å². The van der Waals surface area contributed by atoms with E-state index in [0.717, 1.165) is 60.8 Å². The lowest BCUT2D eigenvalue weighted by Gasteiger charge is -2.21. The minimum atomic E-state index is -0.0645. The zero-order valence-electron chi connectivity index (χ0n) is 14.3. The third-order valence-corrected chi connectivity index (χ3v) is 5.07. The van der Waals surface area contributed by atoms with Gasteiger partial charge in [0.15, 0.2) is 0 Å². The number of amides is 1. The number of halogens is 1. The predicted molar refractivity (Wildman–Crippen MR) is 99.4 cm³/mol. The molecule has 1 aliphatic rings. The molecule has 0 fully saturated rings. The van der Waals surface area contributed by atoms with E-state index in [4.69, 9.17) is 0 Å². The van der Waals surface area contributed by atoms with Crippen LogP contribution in [0.25, 0.3) is 11.0 Å². The van der Waals surface area contributed by atoms with Crippen LogP contribution in [0.3, 0.4) is 0 Å². The average Bonchev–Trinajstić information content (AvgIpc) is 2.82. The van der Waals surface area contributed by atoms with Crippen LogP contribution in [0.15, 0.2) is 21.4 Å². The lowest BCUT2D eigenvalue weighted by atomic mass is 10.0. The normalized spacial score (nSPS) is 13.5. The number of aryl methyl sites for hydroxylation is 2. The van der Waals surface area contributed by atoms with Crippen molar-refractivity contribution in [3.63, 3.8) is 0 Å². The second-order valence-electron chi connectivity index (χ2n) is 6.44. The molecule has 1 aromatic heterocycles. The van der Waals surface area contributed by atoms with E-state index in [9.17, 15) is 9.59 Å². The van der Waals surface area contributed by atoms with Gasteiger partial charge in [-0.3, -0.25) is 13.9 Å². The number of hydrogen-bond donors (Lipinski definition) is 0. The number of aromatic nitrogens is 2. The van der Waals surface area contributed by atoms with E-state index in [1.807, 2.05) is 15.5 Å². The number of carbonyl (C=O) groups is 1. The summed E-state index contributed by atoms with van der Waals surface area (Å²) in [4.78, 5) is 27.4. The lowest BCUT2D eigenvalue weighted by molar-refractivity contribution is -0.131. The van der Waals surface area contributed by atoms with Crippen molar-refractivity contribution in [2.24, 2.45) is 0 Å². The molecule has 0 saturated heterocycles. The summed E-state index contributed by atoms with van der Waals surface area (Å²) in [5, 5.41) is 0. The Balaban J connectivity index is 2.03. The molecule has 5 nitrogen and oxygen atoms in total. The van der Waals surface area contributed by atoms with Crippen molar-refractivity contribution in [1.82, 2.24) is 14.0 Å². The van der Waals surface area contributed by atoms with E-state index in [2.05, 4.69) is 35.8 Å². The molecule has 3 rings (SSSR count). The fraction of sp³-hybridized carbons (Fsp3) is 0.556. The average molecular weight is 394 g/mol. The smallest absolute Gasteiger partial charge is 0.329 e. The Kier molecular flexibility index (Phi) is 5.13. The van der Waals surface area contributed by atoms with Gasteiger partial charge in [-0.05, 0) is 43.4 Å². The summed E-state index contributed by atoms with van der Waals surface area (Å²) in [6, 6.07) is 4.05. The van der Waals surface area contributed by atoms with Crippen LogP contribution in [0.4, 0.5) is 0 Å². The van der Waals surface area contributed by atoms with E-state index in [-0.39, 0.29) is 18.1 Å². The van der Waals surface area contributed by atoms with Crippen molar-refractivity contribution >= 4 is 32.9 Å². The molecule has 0 bridgehead atoms. The van der Waals surface area contributed by atoms with Crippen LogP contribution < -0.4 is 5.69 Å². The highest BCUT2D eigenvalue weighted by Gasteiger charge is 2.22. The maximum atomic E-state index is 12.8. The van der Waals surface area contributed by atoms with Gasteiger partial charge in [-0.1, -0.05) is 29.8 Å². The first-order chi connectivity index (χ1) is 11.6. The van der Waals surface area contributed by atoms with Crippen LogP contribution in [0.1, 0.15) is 38.7 Å². The molecule has 0 N–H and O–H groups in total. The second kappa shape index (κ2) is 7.13. The Bertz CT molecular complexity index is 816. The van der Waals surface area contributed by atoms with Gasteiger partial charge in [-0.2, -0.15) is 0 Å². The number of imidazole rings is 1. The summed E-state index contributed by atoms with van der Waals surface area (Å²) in [6.07, 6.45) is 3.80. The molecule has 6 heteroatoms. The van der Waals surface area contributed by atoms with Gasteiger partial charge in [0.05, 0.1) is 11.0 Å². The fourth-order valence-electron chi connectivity index (χ4n) is 3.62. The largest absolute Gasteiger partial charge is 0.341 e. The van der Waals surface area contributed by atoms with Crippen LogP contribution in [0, 0.1) is 0 Å². The van der Waals surface area contributed by atoms with Crippen LogP contribution in [0.5, 0.6) is 0 Å². The van der Waals surface area contributed by atoms with Crippen LogP contribution >= 0.6 is 15.9 Å². The van der Waals surface area contributed by atoms with Crippen molar-refractivity contribution in [1.29, 1.82) is 0 Å². The first kappa shape index (κ1) is 17.3. The molecule has 1 aromatic carbocycles. The maximum absolute atomic E-state index is 12.8. The topological polar surface area (TPSA) is 47.2 Å². The molecule has 0 aliphatic carbocycles. The first-order valence-electron chi connectivity index (χ1n) is 8.76. The Labute approximate surface area is 150 Å². The molecule has 24 heavy (non-hydrogen) atoms. The van der Waals surface area contributed by atoms with Crippen LogP contribution in [-0.4, -0.2) is 33.0 Å². The molecule has 0 atom stereocenters. The Morgan fingerprint density at radius 2 is 1.96 bits per heavy atom. The Morgan fingerprint density at radius 3 is 2.62 bits per heavy atom. The third-order valence-electron chi connectivity index (χ3n) is 4.62. The molecule has 1 aliphatic heterocycles. The molecule has 130 valence electrons. The zero-order valence-corrected chi connectivity index (χ0v) is 15.9. The molecule has 0 radical (unpaired) electrons. The summed E-state index contributed by atoms with van der Waals surface area (Å²) in [5.74, 6) is 0.0284. The molecule has 0 unspecified atom stereocenters. The predicted octanol–water partition coefficient (Wildman–Crippen LogP) is 3.16. The lowest BCUT2D eigenvalue weighted by Crippen LogP contribution is -2.37. The summed E-state index contributed by atoms with van der Waals surface area (Å²) in [7, 11) is 0. The van der Waals surface area contributed by atoms with Gasteiger partial charge in [-0.15, -0.1) is 0 Å². The number of rotatable bonds is 6. The van der Waals surface area contributed by atoms with E-state index < -0.39 is 0 Å². The van der Waals surface area contributed by atoms with Crippen molar-refractivity contribution < 1.29 is 4.79 Å². The van der Waals surface area contributed by atoms with E-state index in [1.165, 1.54) is 5.56 Å². The van der Waals surface area contributed by atoms with Gasteiger partial charge in [-0.25, -0.2) is 4.79 Å². The fourth-order valence-corrected chi connectivity index (χ4v) is 4.11. The molecule has 2 aromatic rings. The molecule has 2 heterocycles. The highest BCUT2D eigenvalue weighted by atomic mass is 79.9. The summed E-state index contributed by atoms with van der Waals surface area (Å²) in [6.45, 7) is 6.49. The number of hydrogen-bond acceptors (Lipinski definition) is 2. The van der Waals surface area contributed by atoms with Crippen LogP contribution in [0.2, 0.25) is 0 Å². The SMILES string of the molecule is CCCN(CCC)C(=O)Cn1c(=O)n2c3c(cc(Br)cc31)CCC2. The molecule has 1 amide bonds. The van der Waals surface area contributed by atoms with E-state index in [1.54, 1.807) is 4.57 Å². The molecular weight excluding hydrogens is 370 g/mol. The quantitative estimate of drug-likeness (QED) is 0.756. The van der Waals surface area contributed by atoms with Gasteiger partial charge in [0, 0.05) is 24.1 Å². The minimum Gasteiger partial charge on any atom is -0.341 e. The molecular formula is C18H24BrN3O2. The van der Waals surface area contributed by atoms with Gasteiger partial charge in [0.25, 0.3) is 0 Å². The van der Waals surface area contributed by atoms with Crippen molar-refractivity contribution in [3.8, 4) is 0 Å². The van der Waals surface area contributed by atoms with E-state index in [0.29, 0.717) is 0 Å². The monoisotopic (exact) mass is 393 g/mol. The summed E-state index contributed by atoms with van der Waals surface area (Å²) in [5.41, 5.74) is 2.99. The van der Waals surface area contributed by atoms with Gasteiger partial charge < -0.3 is 4.90 Å². The number of benzene rings is 1. The van der Waals surface area contributed by atoms with Gasteiger partial charge in [0.1, 0.15) is 6.54 Å². The van der Waals surface area contributed by atoms with Crippen molar-refractivity contribution in [3.05, 3.63) is 32.7 Å². The molecule has 0 spiro atoms. The third kappa shape index (κ3) is 3.04. The number of carbonyl (C=O) groups excluding carboxylic acids is 1. The second-order valence-corrected chi connectivity index (χ2v) is 7.35. The van der Waals surface area contributed by atoms with Crippen molar-refractivity contribution in [2.75, 3.05) is 13.1 Å². The zero-order chi connectivity index (χ0) is 17.3. The van der Waals surface area contributed by atoms with E-state index >= 15 is 0 Å². The molecule has 0 saturated carbocycles. The Morgan fingerprint density at radius 1 is 1.25 bits per heavy atom.